The quantitative estimate of drug-likeness (QED) is 0.822. The van der Waals surface area contributed by atoms with Crippen molar-refractivity contribution in [3.05, 3.63) is 0 Å². The Kier molecular flexibility index (Phi) is 4.33. The van der Waals surface area contributed by atoms with Crippen LogP contribution in [0.4, 0.5) is 13.2 Å². The molecule has 2 aliphatic rings. The molecule has 3 nitrogen and oxygen atoms in total. The van der Waals surface area contributed by atoms with E-state index in [1.54, 1.807) is 0 Å². The molecule has 0 aromatic heterocycles. The molecular weight excluding hydrogens is 269 g/mol. The molecule has 2 rings (SSSR count). The molecule has 4 unspecified atom stereocenters. The van der Waals surface area contributed by atoms with Gasteiger partial charge in [-0.15, -0.1) is 0 Å². The highest BCUT2D eigenvalue weighted by Crippen LogP contribution is 2.39. The molecule has 0 heterocycles. The van der Waals surface area contributed by atoms with Gasteiger partial charge in [0.15, 0.2) is 0 Å². The molecule has 0 bridgehead atoms. The molecule has 4 atom stereocenters. The predicted octanol–water partition coefficient (Wildman–Crippen LogP) is 2.74. The van der Waals surface area contributed by atoms with E-state index in [0.29, 0.717) is 12.8 Å². The zero-order valence-corrected chi connectivity index (χ0v) is 11.8. The minimum Gasteiger partial charge on any atom is -0.353 e. The van der Waals surface area contributed by atoms with Gasteiger partial charge in [0.2, 0.25) is 5.91 Å². The van der Waals surface area contributed by atoms with Crippen molar-refractivity contribution in [2.75, 3.05) is 0 Å². The fourth-order valence-corrected chi connectivity index (χ4v) is 3.44. The fraction of sp³-hybridized carbons (Fsp3) is 0.929. The summed E-state index contributed by atoms with van der Waals surface area (Å²) < 4.78 is 38.3. The second kappa shape index (κ2) is 5.54. The van der Waals surface area contributed by atoms with Crippen molar-refractivity contribution in [2.24, 2.45) is 17.1 Å². The number of hydrogen-bond donors (Lipinski definition) is 2. The van der Waals surface area contributed by atoms with Crippen LogP contribution in [-0.4, -0.2) is 24.2 Å². The fourth-order valence-electron chi connectivity index (χ4n) is 3.44. The zero-order valence-electron chi connectivity index (χ0n) is 11.8. The minimum atomic E-state index is -4.16. The van der Waals surface area contributed by atoms with E-state index in [2.05, 4.69) is 5.32 Å². The third-order valence-electron chi connectivity index (χ3n) is 5.02. The van der Waals surface area contributed by atoms with Crippen molar-refractivity contribution in [3.8, 4) is 0 Å². The molecule has 3 N–H and O–H groups in total. The molecule has 1 amide bonds. The minimum absolute atomic E-state index is 0.000554. The molecular formula is C14H23F3N2O. The van der Waals surface area contributed by atoms with Gasteiger partial charge in [0.05, 0.1) is 11.3 Å². The molecule has 20 heavy (non-hydrogen) atoms. The van der Waals surface area contributed by atoms with Crippen LogP contribution in [0.25, 0.3) is 0 Å². The number of hydrogen-bond acceptors (Lipinski definition) is 2. The Balaban J connectivity index is 1.94. The summed E-state index contributed by atoms with van der Waals surface area (Å²) in [6.07, 6.45) is -0.415. The van der Waals surface area contributed by atoms with Gasteiger partial charge in [-0.3, -0.25) is 4.79 Å². The van der Waals surface area contributed by atoms with Gasteiger partial charge in [0.1, 0.15) is 0 Å². The van der Waals surface area contributed by atoms with Crippen molar-refractivity contribution in [3.63, 3.8) is 0 Å². The van der Waals surface area contributed by atoms with E-state index < -0.39 is 17.5 Å². The van der Waals surface area contributed by atoms with Crippen LogP contribution in [0.2, 0.25) is 0 Å². The number of carbonyl (C=O) groups excluding carboxylic acids is 1. The van der Waals surface area contributed by atoms with Crippen molar-refractivity contribution < 1.29 is 18.0 Å². The maximum Gasteiger partial charge on any atom is 0.391 e. The largest absolute Gasteiger partial charge is 0.391 e. The number of nitrogens with two attached hydrogens (primary N) is 1. The summed E-state index contributed by atoms with van der Waals surface area (Å²) >= 11 is 0. The molecule has 0 aromatic rings. The first-order valence-electron chi connectivity index (χ1n) is 7.37. The Labute approximate surface area is 117 Å². The number of alkyl halides is 3. The van der Waals surface area contributed by atoms with Gasteiger partial charge < -0.3 is 11.1 Å². The summed E-state index contributed by atoms with van der Waals surface area (Å²) in [6.45, 7) is 1.82. The molecule has 6 heteroatoms. The summed E-state index contributed by atoms with van der Waals surface area (Å²) in [5, 5.41) is 2.81. The Morgan fingerprint density at radius 1 is 1.25 bits per heavy atom. The second-order valence-electron chi connectivity index (χ2n) is 6.49. The zero-order chi connectivity index (χ0) is 15.0. The summed E-state index contributed by atoms with van der Waals surface area (Å²) in [7, 11) is 0. The molecule has 116 valence electrons. The monoisotopic (exact) mass is 292 g/mol. The molecule has 0 aliphatic heterocycles. The number of carbonyl (C=O) groups is 1. The number of nitrogens with one attached hydrogen (secondary N) is 1. The molecule has 2 aliphatic carbocycles. The van der Waals surface area contributed by atoms with Gasteiger partial charge in [-0.1, -0.05) is 12.8 Å². The Hall–Kier alpha value is -0.780. The summed E-state index contributed by atoms with van der Waals surface area (Å²) in [5.74, 6) is -1.46. The van der Waals surface area contributed by atoms with E-state index in [0.717, 1.165) is 19.3 Å². The highest BCUT2D eigenvalue weighted by molar-refractivity contribution is 5.83. The number of halogens is 3. The summed E-state index contributed by atoms with van der Waals surface area (Å²) in [4.78, 5) is 12.3. The van der Waals surface area contributed by atoms with Gasteiger partial charge in [-0.05, 0) is 39.0 Å². The molecule has 0 radical (unpaired) electrons. The molecule has 0 saturated heterocycles. The lowest BCUT2D eigenvalue weighted by atomic mass is 9.81. The highest BCUT2D eigenvalue weighted by Gasteiger charge is 2.46. The second-order valence-corrected chi connectivity index (χ2v) is 6.49. The van der Waals surface area contributed by atoms with Crippen LogP contribution < -0.4 is 11.1 Å². The standard InChI is InChI=1S/C14H23F3N2O/c1-13(7-3-6-11(13)18)12(20)19-10-5-2-4-9(8-10)14(15,16)17/h9-11H,2-8,18H2,1H3,(H,19,20). The van der Waals surface area contributed by atoms with E-state index in [1.807, 2.05) is 6.92 Å². The van der Waals surface area contributed by atoms with Gasteiger partial charge in [0, 0.05) is 12.1 Å². The topological polar surface area (TPSA) is 55.1 Å². The van der Waals surface area contributed by atoms with Crippen LogP contribution in [0.15, 0.2) is 0 Å². The maximum absolute atomic E-state index is 12.8. The maximum atomic E-state index is 12.8. The van der Waals surface area contributed by atoms with Crippen LogP contribution in [0.1, 0.15) is 51.9 Å². The van der Waals surface area contributed by atoms with Crippen LogP contribution >= 0.6 is 0 Å². The predicted molar refractivity (Wildman–Crippen MR) is 69.9 cm³/mol. The smallest absolute Gasteiger partial charge is 0.353 e. The number of rotatable bonds is 2. The molecule has 2 fully saturated rings. The van der Waals surface area contributed by atoms with Crippen molar-refractivity contribution in [2.45, 2.75) is 70.1 Å². The normalized spacial score (nSPS) is 38.8. The first-order valence-corrected chi connectivity index (χ1v) is 7.37. The van der Waals surface area contributed by atoms with Crippen molar-refractivity contribution in [1.82, 2.24) is 5.32 Å². The number of amides is 1. The SMILES string of the molecule is CC1(C(=O)NC2CCCC(C(F)(F)F)C2)CCCC1N. The van der Waals surface area contributed by atoms with Crippen molar-refractivity contribution >= 4 is 5.91 Å². The van der Waals surface area contributed by atoms with Crippen LogP contribution in [-0.2, 0) is 4.79 Å². The van der Waals surface area contributed by atoms with E-state index in [1.165, 1.54) is 0 Å². The lowest BCUT2D eigenvalue weighted by molar-refractivity contribution is -0.184. The first kappa shape index (κ1) is 15.6. The molecule has 0 aromatic carbocycles. The van der Waals surface area contributed by atoms with Gasteiger partial charge in [-0.25, -0.2) is 0 Å². The van der Waals surface area contributed by atoms with Gasteiger partial charge >= 0.3 is 6.18 Å². The average Bonchev–Trinajstić information content (AvgIpc) is 2.70. The van der Waals surface area contributed by atoms with Gasteiger partial charge in [0.25, 0.3) is 0 Å². The first-order chi connectivity index (χ1) is 9.23. The van der Waals surface area contributed by atoms with Gasteiger partial charge in [-0.2, -0.15) is 13.2 Å². The van der Waals surface area contributed by atoms with Crippen molar-refractivity contribution in [1.29, 1.82) is 0 Å². The Morgan fingerprint density at radius 3 is 2.50 bits per heavy atom. The average molecular weight is 292 g/mol. The third kappa shape index (κ3) is 3.10. The Bertz CT molecular complexity index is 372. The van der Waals surface area contributed by atoms with E-state index in [-0.39, 0.29) is 30.8 Å². The van der Waals surface area contributed by atoms with E-state index in [9.17, 15) is 18.0 Å². The third-order valence-corrected chi connectivity index (χ3v) is 5.02. The van der Waals surface area contributed by atoms with E-state index in [4.69, 9.17) is 5.73 Å². The summed E-state index contributed by atoms with van der Waals surface area (Å²) in [6, 6.07) is -0.558. The lowest BCUT2D eigenvalue weighted by Gasteiger charge is -2.34. The highest BCUT2D eigenvalue weighted by atomic mass is 19.4. The lowest BCUT2D eigenvalue weighted by Crippen LogP contribution is -2.51. The Morgan fingerprint density at radius 2 is 1.95 bits per heavy atom. The molecule has 2 saturated carbocycles. The van der Waals surface area contributed by atoms with E-state index >= 15 is 0 Å². The van der Waals surface area contributed by atoms with Crippen LogP contribution in [0, 0.1) is 11.3 Å². The van der Waals surface area contributed by atoms with Crippen LogP contribution in [0.5, 0.6) is 0 Å². The summed E-state index contributed by atoms with van der Waals surface area (Å²) in [5.41, 5.74) is 5.36. The molecule has 0 spiro atoms. The van der Waals surface area contributed by atoms with Crippen LogP contribution in [0.3, 0.4) is 0 Å².